The fraction of sp³-hybridized carbons (Fsp3) is 0.429. The zero-order chi connectivity index (χ0) is 14.9. The second-order valence-corrected chi connectivity index (χ2v) is 6.72. The van der Waals surface area contributed by atoms with Gasteiger partial charge >= 0.3 is 0 Å². The molecule has 1 aromatic carbocycles. The first-order valence-corrected chi connectivity index (χ1v) is 7.12. The van der Waals surface area contributed by atoms with Crippen LogP contribution in [0.15, 0.2) is 12.1 Å². The van der Waals surface area contributed by atoms with Gasteiger partial charge in [0.1, 0.15) is 16.6 Å². The van der Waals surface area contributed by atoms with Crippen LogP contribution in [0.2, 0.25) is 0 Å². The molecule has 1 N–H and O–H groups in total. The maximum Gasteiger partial charge on any atom is 0.153 e. The number of benzene rings is 1. The van der Waals surface area contributed by atoms with Crippen molar-refractivity contribution < 1.29 is 8.78 Å². The van der Waals surface area contributed by atoms with E-state index in [1.165, 1.54) is 23.5 Å². The number of aromatic nitrogens is 2. The van der Waals surface area contributed by atoms with Crippen molar-refractivity contribution in [2.24, 2.45) is 0 Å². The molecule has 0 saturated carbocycles. The quantitative estimate of drug-likeness (QED) is 0.939. The molecule has 0 atom stereocenters. The van der Waals surface area contributed by atoms with Crippen molar-refractivity contribution in [3.8, 4) is 10.6 Å². The number of rotatable bonds is 3. The predicted octanol–water partition coefficient (Wildman–Crippen LogP) is 3.68. The number of hydrogen-bond acceptors (Lipinski definition) is 4. The average molecular weight is 297 g/mol. The summed E-state index contributed by atoms with van der Waals surface area (Å²) in [5, 5.41) is 12.1. The third-order valence-corrected chi connectivity index (χ3v) is 3.68. The Bertz CT molecular complexity index is 617. The Balaban J connectivity index is 2.28. The van der Waals surface area contributed by atoms with Gasteiger partial charge in [-0.05, 0) is 39.3 Å². The van der Waals surface area contributed by atoms with Gasteiger partial charge in [0.15, 0.2) is 5.01 Å². The maximum atomic E-state index is 14.0. The monoisotopic (exact) mass is 297 g/mol. The summed E-state index contributed by atoms with van der Waals surface area (Å²) in [5.41, 5.74) is 0.251. The second-order valence-electron chi connectivity index (χ2n) is 5.66. The Kier molecular flexibility index (Phi) is 4.15. The number of nitrogens with one attached hydrogen (secondary N) is 1. The van der Waals surface area contributed by atoms with E-state index in [9.17, 15) is 8.78 Å². The van der Waals surface area contributed by atoms with E-state index in [0.717, 1.165) is 0 Å². The summed E-state index contributed by atoms with van der Waals surface area (Å²) in [4.78, 5) is 0. The molecule has 2 aromatic rings. The molecule has 0 radical (unpaired) electrons. The van der Waals surface area contributed by atoms with Gasteiger partial charge in [0, 0.05) is 5.54 Å². The summed E-state index contributed by atoms with van der Waals surface area (Å²) in [6, 6.07) is 2.67. The van der Waals surface area contributed by atoms with Gasteiger partial charge in [-0.2, -0.15) is 0 Å². The number of nitrogens with zero attached hydrogens (tertiary/aromatic N) is 2. The minimum Gasteiger partial charge on any atom is -0.306 e. The van der Waals surface area contributed by atoms with Crippen molar-refractivity contribution in [3.63, 3.8) is 0 Å². The topological polar surface area (TPSA) is 37.8 Å². The molecule has 0 aliphatic rings. The minimum atomic E-state index is -0.611. The third kappa shape index (κ3) is 3.37. The normalized spacial score (nSPS) is 11.9. The molecule has 0 bridgehead atoms. The average Bonchev–Trinajstić information content (AvgIpc) is 2.80. The largest absolute Gasteiger partial charge is 0.306 e. The highest BCUT2D eigenvalue weighted by Gasteiger charge is 2.18. The van der Waals surface area contributed by atoms with E-state index >= 15 is 0 Å². The van der Waals surface area contributed by atoms with Crippen LogP contribution in [0.5, 0.6) is 0 Å². The van der Waals surface area contributed by atoms with Gasteiger partial charge < -0.3 is 5.32 Å². The van der Waals surface area contributed by atoms with Gasteiger partial charge in [0.25, 0.3) is 0 Å². The lowest BCUT2D eigenvalue weighted by atomic mass is 10.1. The number of aryl methyl sites for hydroxylation is 1. The predicted molar refractivity (Wildman–Crippen MR) is 76.6 cm³/mol. The van der Waals surface area contributed by atoms with Crippen LogP contribution in [0.3, 0.4) is 0 Å². The Morgan fingerprint density at radius 2 is 1.90 bits per heavy atom. The van der Waals surface area contributed by atoms with Crippen LogP contribution in [-0.2, 0) is 6.54 Å². The molecule has 0 aliphatic heterocycles. The van der Waals surface area contributed by atoms with Gasteiger partial charge in [-0.1, -0.05) is 17.4 Å². The van der Waals surface area contributed by atoms with Crippen molar-refractivity contribution in [1.82, 2.24) is 15.5 Å². The molecular formula is C14H17F2N3S. The van der Waals surface area contributed by atoms with E-state index in [2.05, 4.69) is 15.5 Å². The van der Waals surface area contributed by atoms with Crippen molar-refractivity contribution in [2.45, 2.75) is 39.8 Å². The lowest BCUT2D eigenvalue weighted by Crippen LogP contribution is -2.35. The van der Waals surface area contributed by atoms with Crippen LogP contribution in [0, 0.1) is 18.6 Å². The molecule has 0 fully saturated rings. The number of hydrogen-bond donors (Lipinski definition) is 1. The number of halogens is 2. The summed E-state index contributed by atoms with van der Waals surface area (Å²) in [7, 11) is 0. The summed E-state index contributed by atoms with van der Waals surface area (Å²) in [6.45, 7) is 8.23. The van der Waals surface area contributed by atoms with E-state index in [1.807, 2.05) is 20.8 Å². The highest BCUT2D eigenvalue weighted by Crippen LogP contribution is 2.30. The van der Waals surface area contributed by atoms with Gasteiger partial charge in [-0.15, -0.1) is 10.2 Å². The van der Waals surface area contributed by atoms with E-state index in [1.54, 1.807) is 6.92 Å². The first-order chi connectivity index (χ1) is 9.28. The van der Waals surface area contributed by atoms with E-state index < -0.39 is 11.6 Å². The molecule has 0 saturated heterocycles. The second kappa shape index (κ2) is 5.54. The standard InChI is InChI=1S/C14H17F2N3S/c1-8-5-6-9(15)11(12(8)16)13-19-18-10(20-13)7-17-14(2,3)4/h5-6,17H,7H2,1-4H3. The lowest BCUT2D eigenvalue weighted by molar-refractivity contribution is 0.423. The van der Waals surface area contributed by atoms with Crippen molar-refractivity contribution in [3.05, 3.63) is 34.3 Å². The smallest absolute Gasteiger partial charge is 0.153 e. The van der Waals surface area contributed by atoms with Gasteiger partial charge in [0.05, 0.1) is 12.1 Å². The third-order valence-electron chi connectivity index (χ3n) is 2.73. The van der Waals surface area contributed by atoms with Crippen LogP contribution in [0.1, 0.15) is 31.3 Å². The highest BCUT2D eigenvalue weighted by atomic mass is 32.1. The minimum absolute atomic E-state index is 0.0499. The lowest BCUT2D eigenvalue weighted by Gasteiger charge is -2.19. The van der Waals surface area contributed by atoms with Crippen molar-refractivity contribution in [1.29, 1.82) is 0 Å². The zero-order valence-corrected chi connectivity index (χ0v) is 12.7. The zero-order valence-electron chi connectivity index (χ0n) is 11.9. The summed E-state index contributed by atoms with van der Waals surface area (Å²) in [6.07, 6.45) is 0. The summed E-state index contributed by atoms with van der Waals surface area (Å²) < 4.78 is 27.8. The molecule has 108 valence electrons. The first-order valence-electron chi connectivity index (χ1n) is 6.30. The molecule has 2 rings (SSSR count). The molecule has 6 heteroatoms. The van der Waals surface area contributed by atoms with Crippen LogP contribution in [0.4, 0.5) is 8.78 Å². The van der Waals surface area contributed by atoms with Crippen LogP contribution in [-0.4, -0.2) is 15.7 Å². The molecule has 1 aromatic heterocycles. The summed E-state index contributed by atoms with van der Waals surface area (Å²) >= 11 is 1.20. The van der Waals surface area contributed by atoms with Crippen molar-refractivity contribution in [2.75, 3.05) is 0 Å². The Morgan fingerprint density at radius 3 is 2.55 bits per heavy atom. The van der Waals surface area contributed by atoms with Crippen LogP contribution < -0.4 is 5.32 Å². The SMILES string of the molecule is Cc1ccc(F)c(-c2nnc(CNC(C)(C)C)s2)c1F. The van der Waals surface area contributed by atoms with Crippen LogP contribution in [0.25, 0.3) is 10.6 Å². The van der Waals surface area contributed by atoms with Gasteiger partial charge in [-0.3, -0.25) is 0 Å². The van der Waals surface area contributed by atoms with Gasteiger partial charge in [0.2, 0.25) is 0 Å². The van der Waals surface area contributed by atoms with E-state index in [0.29, 0.717) is 17.1 Å². The Hall–Kier alpha value is -1.40. The molecule has 0 unspecified atom stereocenters. The molecule has 20 heavy (non-hydrogen) atoms. The fourth-order valence-corrected chi connectivity index (χ4v) is 2.44. The summed E-state index contributed by atoms with van der Waals surface area (Å²) in [5.74, 6) is -1.18. The molecule has 0 aliphatic carbocycles. The molecular weight excluding hydrogens is 280 g/mol. The molecule has 1 heterocycles. The molecule has 0 spiro atoms. The van der Waals surface area contributed by atoms with E-state index in [4.69, 9.17) is 0 Å². The van der Waals surface area contributed by atoms with E-state index in [-0.39, 0.29) is 16.1 Å². The first kappa shape index (κ1) is 15.0. The highest BCUT2D eigenvalue weighted by molar-refractivity contribution is 7.14. The van der Waals surface area contributed by atoms with Crippen molar-refractivity contribution >= 4 is 11.3 Å². The fourth-order valence-electron chi connectivity index (χ4n) is 1.62. The van der Waals surface area contributed by atoms with Crippen LogP contribution >= 0.6 is 11.3 Å². The Morgan fingerprint density at radius 1 is 1.20 bits per heavy atom. The molecule has 0 amide bonds. The molecule has 3 nitrogen and oxygen atoms in total. The van der Waals surface area contributed by atoms with Gasteiger partial charge in [-0.25, -0.2) is 8.78 Å². The maximum absolute atomic E-state index is 14.0. The Labute approximate surface area is 121 Å².